The first kappa shape index (κ1) is 11.5. The Morgan fingerprint density at radius 1 is 1.18 bits per heavy atom. The van der Waals surface area contributed by atoms with Gasteiger partial charge in [0.2, 0.25) is 0 Å². The number of methoxy groups -OCH3 is 2. The highest BCUT2D eigenvalue weighted by Crippen LogP contribution is 2.30. The number of nitrogens with two attached hydrogens (primary N) is 1. The average Bonchev–Trinajstić information content (AvgIpc) is 2.36. The molecule has 0 saturated carbocycles. The molecule has 2 aromatic rings. The number of aromatic amines is 1. The number of nitrogens with one attached hydrogen (secondary N) is 1. The van der Waals surface area contributed by atoms with Crippen LogP contribution >= 0.6 is 0 Å². The van der Waals surface area contributed by atoms with Gasteiger partial charge in [0.25, 0.3) is 5.56 Å². The Morgan fingerprint density at radius 3 is 2.41 bits per heavy atom. The summed E-state index contributed by atoms with van der Waals surface area (Å²) < 4.78 is 10.4. The van der Waals surface area contributed by atoms with E-state index in [9.17, 15) is 4.79 Å². The van der Waals surface area contributed by atoms with Crippen LogP contribution in [0.3, 0.4) is 0 Å². The molecule has 0 aliphatic carbocycles. The van der Waals surface area contributed by atoms with Gasteiger partial charge in [-0.3, -0.25) is 4.79 Å². The van der Waals surface area contributed by atoms with Gasteiger partial charge >= 0.3 is 0 Å². The maximum absolute atomic E-state index is 11.6. The third kappa shape index (κ3) is 1.97. The molecule has 17 heavy (non-hydrogen) atoms. The minimum atomic E-state index is -0.174. The average molecular weight is 234 g/mol. The molecule has 1 heterocycles. The monoisotopic (exact) mass is 234 g/mol. The van der Waals surface area contributed by atoms with E-state index in [-0.39, 0.29) is 12.1 Å². The molecule has 0 saturated heterocycles. The van der Waals surface area contributed by atoms with Crippen molar-refractivity contribution in [1.29, 1.82) is 0 Å². The van der Waals surface area contributed by atoms with E-state index in [2.05, 4.69) is 4.98 Å². The molecule has 0 aliphatic heterocycles. The fraction of sp³-hybridized carbons (Fsp3) is 0.250. The molecule has 90 valence electrons. The zero-order chi connectivity index (χ0) is 12.4. The molecule has 0 radical (unpaired) electrons. The molecule has 0 atom stereocenters. The summed E-state index contributed by atoms with van der Waals surface area (Å²) in [4.78, 5) is 14.4. The van der Waals surface area contributed by atoms with E-state index in [0.29, 0.717) is 22.6 Å². The Kier molecular flexibility index (Phi) is 3.01. The van der Waals surface area contributed by atoms with Gasteiger partial charge in [0.1, 0.15) is 0 Å². The second-order valence-electron chi connectivity index (χ2n) is 3.62. The highest BCUT2D eigenvalue weighted by atomic mass is 16.5. The zero-order valence-corrected chi connectivity index (χ0v) is 9.74. The van der Waals surface area contributed by atoms with Crippen molar-refractivity contribution in [3.05, 3.63) is 34.1 Å². The van der Waals surface area contributed by atoms with E-state index < -0.39 is 0 Å². The van der Waals surface area contributed by atoms with Gasteiger partial charge < -0.3 is 20.2 Å². The largest absolute Gasteiger partial charge is 0.493 e. The maximum Gasteiger partial charge on any atom is 0.252 e. The quantitative estimate of drug-likeness (QED) is 0.830. The Morgan fingerprint density at radius 2 is 1.82 bits per heavy atom. The summed E-state index contributed by atoms with van der Waals surface area (Å²) in [6.45, 7) is 0.208. The first-order chi connectivity index (χ1) is 8.19. The lowest BCUT2D eigenvalue weighted by molar-refractivity contribution is 0.356. The number of aromatic nitrogens is 1. The van der Waals surface area contributed by atoms with Crippen LogP contribution in [0.4, 0.5) is 0 Å². The van der Waals surface area contributed by atoms with Crippen molar-refractivity contribution in [3.8, 4) is 11.5 Å². The van der Waals surface area contributed by atoms with Crippen LogP contribution in [0.15, 0.2) is 23.0 Å². The highest BCUT2D eigenvalue weighted by Gasteiger charge is 2.08. The summed E-state index contributed by atoms with van der Waals surface area (Å²) in [6, 6.07) is 5.30. The molecule has 3 N–H and O–H groups in total. The van der Waals surface area contributed by atoms with E-state index in [4.69, 9.17) is 15.2 Å². The van der Waals surface area contributed by atoms with Crippen molar-refractivity contribution in [2.24, 2.45) is 5.73 Å². The number of hydrogen-bond donors (Lipinski definition) is 2. The van der Waals surface area contributed by atoms with Crippen LogP contribution < -0.4 is 20.8 Å². The lowest BCUT2D eigenvalue weighted by atomic mass is 10.1. The molecule has 0 bridgehead atoms. The van der Waals surface area contributed by atoms with E-state index in [1.54, 1.807) is 26.4 Å². The Bertz CT molecular complexity index is 604. The fourth-order valence-electron chi connectivity index (χ4n) is 1.73. The second-order valence-corrected chi connectivity index (χ2v) is 3.62. The third-order valence-electron chi connectivity index (χ3n) is 2.65. The Hall–Kier alpha value is -2.01. The van der Waals surface area contributed by atoms with E-state index in [1.165, 1.54) is 0 Å². The van der Waals surface area contributed by atoms with Gasteiger partial charge in [0.15, 0.2) is 11.5 Å². The van der Waals surface area contributed by atoms with Crippen molar-refractivity contribution in [1.82, 2.24) is 4.98 Å². The van der Waals surface area contributed by atoms with Crippen LogP contribution in [0, 0.1) is 0 Å². The van der Waals surface area contributed by atoms with Crippen molar-refractivity contribution < 1.29 is 9.47 Å². The molecule has 0 spiro atoms. The smallest absolute Gasteiger partial charge is 0.252 e. The van der Waals surface area contributed by atoms with Gasteiger partial charge in [-0.2, -0.15) is 0 Å². The van der Waals surface area contributed by atoms with Crippen LogP contribution in [0.25, 0.3) is 10.9 Å². The lowest BCUT2D eigenvalue weighted by Gasteiger charge is -2.09. The Labute approximate surface area is 98.2 Å². The predicted octanol–water partition coefficient (Wildman–Crippen LogP) is 1.00. The molecule has 5 nitrogen and oxygen atoms in total. The molecule has 1 aromatic carbocycles. The molecule has 0 aliphatic rings. The van der Waals surface area contributed by atoms with Crippen LogP contribution in [-0.4, -0.2) is 19.2 Å². The predicted molar refractivity (Wildman–Crippen MR) is 65.6 cm³/mol. The molecular weight excluding hydrogens is 220 g/mol. The third-order valence-corrected chi connectivity index (χ3v) is 2.65. The number of pyridine rings is 1. The zero-order valence-electron chi connectivity index (χ0n) is 9.74. The summed E-state index contributed by atoms with van der Waals surface area (Å²) in [5.41, 5.74) is 6.56. The number of rotatable bonds is 3. The van der Waals surface area contributed by atoms with Crippen LogP contribution in [0.5, 0.6) is 11.5 Å². The topological polar surface area (TPSA) is 77.3 Å². The second kappa shape index (κ2) is 4.47. The van der Waals surface area contributed by atoms with Crippen LogP contribution in [0.1, 0.15) is 5.56 Å². The van der Waals surface area contributed by atoms with Crippen molar-refractivity contribution in [2.75, 3.05) is 14.2 Å². The summed E-state index contributed by atoms with van der Waals surface area (Å²) >= 11 is 0. The summed E-state index contributed by atoms with van der Waals surface area (Å²) in [5.74, 6) is 1.20. The Balaban J connectivity index is 2.74. The summed E-state index contributed by atoms with van der Waals surface area (Å²) in [7, 11) is 3.12. The molecular formula is C12H14N2O3. The number of hydrogen-bond acceptors (Lipinski definition) is 4. The molecule has 5 heteroatoms. The van der Waals surface area contributed by atoms with Gasteiger partial charge in [-0.1, -0.05) is 0 Å². The fourth-order valence-corrected chi connectivity index (χ4v) is 1.73. The van der Waals surface area contributed by atoms with E-state index in [0.717, 1.165) is 5.39 Å². The molecule has 1 aromatic heterocycles. The van der Waals surface area contributed by atoms with Gasteiger partial charge in [-0.05, 0) is 12.1 Å². The number of fused-ring (bicyclic) bond motifs is 1. The summed E-state index contributed by atoms with van der Waals surface area (Å²) in [5, 5.41) is 0.864. The van der Waals surface area contributed by atoms with Crippen molar-refractivity contribution in [2.45, 2.75) is 6.54 Å². The number of ether oxygens (including phenoxy) is 2. The SMILES string of the molecule is COc1cc2cc(CN)c(=O)[nH]c2cc1OC. The number of H-pyrrole nitrogens is 1. The molecule has 0 unspecified atom stereocenters. The standard InChI is InChI=1S/C12H14N2O3/c1-16-10-4-7-3-8(6-13)12(15)14-9(7)5-11(10)17-2/h3-5H,6,13H2,1-2H3,(H,14,15). The first-order valence-corrected chi connectivity index (χ1v) is 5.17. The summed E-state index contributed by atoms with van der Waals surface area (Å²) in [6.07, 6.45) is 0. The minimum Gasteiger partial charge on any atom is -0.493 e. The molecule has 0 fully saturated rings. The highest BCUT2D eigenvalue weighted by molar-refractivity contribution is 5.83. The lowest BCUT2D eigenvalue weighted by Crippen LogP contribution is -2.15. The van der Waals surface area contributed by atoms with Gasteiger partial charge in [0, 0.05) is 23.6 Å². The normalized spacial score (nSPS) is 10.5. The first-order valence-electron chi connectivity index (χ1n) is 5.17. The molecule has 2 rings (SSSR count). The van der Waals surface area contributed by atoms with Gasteiger partial charge in [-0.15, -0.1) is 0 Å². The number of benzene rings is 1. The van der Waals surface area contributed by atoms with Crippen molar-refractivity contribution >= 4 is 10.9 Å². The van der Waals surface area contributed by atoms with Crippen molar-refractivity contribution in [3.63, 3.8) is 0 Å². The van der Waals surface area contributed by atoms with E-state index in [1.807, 2.05) is 6.07 Å². The van der Waals surface area contributed by atoms with Crippen LogP contribution in [0.2, 0.25) is 0 Å². The van der Waals surface area contributed by atoms with Crippen LogP contribution in [-0.2, 0) is 6.54 Å². The molecule has 0 amide bonds. The van der Waals surface area contributed by atoms with Gasteiger partial charge in [0.05, 0.1) is 19.7 Å². The minimum absolute atomic E-state index is 0.174. The van der Waals surface area contributed by atoms with Gasteiger partial charge in [-0.25, -0.2) is 0 Å². The maximum atomic E-state index is 11.6. The van der Waals surface area contributed by atoms with E-state index >= 15 is 0 Å².